The first-order valence-electron chi connectivity index (χ1n) is 10.8. The molecule has 0 bridgehead atoms. The number of amides is 3. The van der Waals surface area contributed by atoms with Gasteiger partial charge in [-0.2, -0.15) is 0 Å². The number of carbonyl (C=O) groups excluding carboxylic acids is 3. The summed E-state index contributed by atoms with van der Waals surface area (Å²) in [7, 11) is 0. The third kappa shape index (κ3) is 4.23. The maximum atomic E-state index is 13.0. The molecule has 170 valence electrons. The van der Waals surface area contributed by atoms with E-state index in [1.54, 1.807) is 47.4 Å². The number of rotatable bonds is 5. The van der Waals surface area contributed by atoms with Crippen LogP contribution in [0.3, 0.4) is 0 Å². The second kappa shape index (κ2) is 8.99. The lowest BCUT2D eigenvalue weighted by Gasteiger charge is -2.17. The molecule has 0 saturated heterocycles. The summed E-state index contributed by atoms with van der Waals surface area (Å²) in [5.74, 6) is -0.523. The molecular formula is C26H21N3O4S. The average Bonchev–Trinajstić information content (AvgIpc) is 3.59. The summed E-state index contributed by atoms with van der Waals surface area (Å²) in [5, 5.41) is 6.15. The van der Waals surface area contributed by atoms with E-state index in [-0.39, 0.29) is 23.5 Å². The highest BCUT2D eigenvalue weighted by atomic mass is 32.1. The predicted octanol–water partition coefficient (Wildman–Crippen LogP) is 5.36. The molecule has 0 aliphatic carbocycles. The van der Waals surface area contributed by atoms with Gasteiger partial charge >= 0.3 is 0 Å². The Hall–Kier alpha value is -4.17. The van der Waals surface area contributed by atoms with Gasteiger partial charge in [0, 0.05) is 23.5 Å². The summed E-state index contributed by atoms with van der Waals surface area (Å²) in [6.07, 6.45) is 2.27. The molecule has 1 aliphatic heterocycles. The fourth-order valence-electron chi connectivity index (χ4n) is 3.94. The van der Waals surface area contributed by atoms with Gasteiger partial charge in [0.1, 0.15) is 0 Å². The van der Waals surface area contributed by atoms with Crippen molar-refractivity contribution >= 4 is 45.4 Å². The molecule has 5 rings (SSSR count). The van der Waals surface area contributed by atoms with Crippen molar-refractivity contribution < 1.29 is 18.8 Å². The van der Waals surface area contributed by atoms with Crippen molar-refractivity contribution in [1.82, 2.24) is 0 Å². The van der Waals surface area contributed by atoms with Gasteiger partial charge in [0.05, 0.1) is 16.1 Å². The summed E-state index contributed by atoms with van der Waals surface area (Å²) < 4.78 is 5.09. The van der Waals surface area contributed by atoms with E-state index < -0.39 is 0 Å². The Bertz CT molecular complexity index is 1370. The van der Waals surface area contributed by atoms with Crippen LogP contribution in [0.15, 0.2) is 77.4 Å². The van der Waals surface area contributed by atoms with Crippen LogP contribution in [0, 0.1) is 6.92 Å². The van der Waals surface area contributed by atoms with Crippen molar-refractivity contribution in [3.05, 3.63) is 100 Å². The minimum absolute atomic E-state index is 0.0612. The van der Waals surface area contributed by atoms with Crippen molar-refractivity contribution in [2.75, 3.05) is 22.1 Å². The lowest BCUT2D eigenvalue weighted by molar-refractivity contribution is 0.0984. The number of thiophene rings is 1. The fourth-order valence-corrected chi connectivity index (χ4v) is 4.90. The molecule has 8 heteroatoms. The van der Waals surface area contributed by atoms with Gasteiger partial charge in [0.2, 0.25) is 0 Å². The number of anilines is 3. The van der Waals surface area contributed by atoms with Crippen LogP contribution in [0.5, 0.6) is 0 Å². The first kappa shape index (κ1) is 21.7. The maximum Gasteiger partial charge on any atom is 0.291 e. The van der Waals surface area contributed by atoms with Gasteiger partial charge < -0.3 is 20.0 Å². The number of furan rings is 1. The van der Waals surface area contributed by atoms with Crippen molar-refractivity contribution in [3.8, 4) is 0 Å². The van der Waals surface area contributed by atoms with E-state index in [2.05, 4.69) is 10.6 Å². The van der Waals surface area contributed by atoms with Gasteiger partial charge in [-0.05, 0) is 73.0 Å². The number of para-hydroxylation sites is 1. The Morgan fingerprint density at radius 3 is 2.50 bits per heavy atom. The van der Waals surface area contributed by atoms with Crippen LogP contribution in [-0.2, 0) is 6.42 Å². The Kier molecular flexibility index (Phi) is 5.73. The summed E-state index contributed by atoms with van der Waals surface area (Å²) in [5.41, 5.74) is 4.01. The van der Waals surface area contributed by atoms with Crippen molar-refractivity contribution in [1.29, 1.82) is 0 Å². The van der Waals surface area contributed by atoms with Gasteiger partial charge in [-0.25, -0.2) is 0 Å². The van der Waals surface area contributed by atoms with Crippen LogP contribution >= 0.6 is 11.3 Å². The highest BCUT2D eigenvalue weighted by molar-refractivity contribution is 7.18. The molecule has 2 aromatic heterocycles. The minimum Gasteiger partial charge on any atom is -0.459 e. The van der Waals surface area contributed by atoms with E-state index >= 15 is 0 Å². The van der Waals surface area contributed by atoms with E-state index in [9.17, 15) is 14.4 Å². The van der Waals surface area contributed by atoms with Crippen LogP contribution < -0.4 is 15.5 Å². The first-order chi connectivity index (χ1) is 16.5. The summed E-state index contributed by atoms with van der Waals surface area (Å²) in [6, 6.07) is 19.7. The molecular weight excluding hydrogens is 450 g/mol. The van der Waals surface area contributed by atoms with Crippen LogP contribution in [-0.4, -0.2) is 24.3 Å². The number of benzene rings is 2. The Morgan fingerprint density at radius 2 is 1.74 bits per heavy atom. The number of carbonyl (C=O) groups is 3. The molecule has 0 saturated carbocycles. The maximum absolute atomic E-state index is 13.0. The standard InChI is InChI=1S/C26H21N3O4S/c1-16-15-22(28-24(30)21-7-4-14-33-21)34-23(16)25(31)27-19-10-8-18(9-11-19)26(32)29-13-12-17-5-2-3-6-20(17)29/h2-11,14-15H,12-13H2,1H3,(H,27,31)(H,28,30). The highest BCUT2D eigenvalue weighted by Crippen LogP contribution is 2.30. The third-order valence-electron chi connectivity index (χ3n) is 5.63. The molecule has 3 amide bonds. The lowest BCUT2D eigenvalue weighted by atomic mass is 10.1. The summed E-state index contributed by atoms with van der Waals surface area (Å²) >= 11 is 1.18. The number of nitrogens with zero attached hydrogens (tertiary/aromatic N) is 1. The van der Waals surface area contributed by atoms with Gasteiger partial charge in [0.15, 0.2) is 5.76 Å². The molecule has 3 heterocycles. The van der Waals surface area contributed by atoms with Crippen LogP contribution in [0.4, 0.5) is 16.4 Å². The molecule has 4 aromatic rings. The third-order valence-corrected chi connectivity index (χ3v) is 6.78. The van der Waals surface area contributed by atoms with Crippen LogP contribution in [0.2, 0.25) is 0 Å². The highest BCUT2D eigenvalue weighted by Gasteiger charge is 2.25. The van der Waals surface area contributed by atoms with E-state index in [0.29, 0.717) is 27.7 Å². The summed E-state index contributed by atoms with van der Waals surface area (Å²) in [4.78, 5) is 40.3. The van der Waals surface area contributed by atoms with Crippen LogP contribution in [0.25, 0.3) is 0 Å². The predicted molar refractivity (Wildman–Crippen MR) is 132 cm³/mol. The van der Waals surface area contributed by atoms with Crippen molar-refractivity contribution in [3.63, 3.8) is 0 Å². The molecule has 0 radical (unpaired) electrons. The SMILES string of the molecule is Cc1cc(NC(=O)c2ccco2)sc1C(=O)Nc1ccc(C(=O)N2CCc3ccccc32)cc1. The number of nitrogens with one attached hydrogen (secondary N) is 2. The second-order valence-corrected chi connectivity index (χ2v) is 8.97. The Morgan fingerprint density at radius 1 is 0.941 bits per heavy atom. The lowest BCUT2D eigenvalue weighted by Crippen LogP contribution is -2.28. The van der Waals surface area contributed by atoms with E-state index in [1.807, 2.05) is 31.2 Å². The molecule has 0 atom stereocenters. The van der Waals surface area contributed by atoms with E-state index in [0.717, 1.165) is 17.7 Å². The van der Waals surface area contributed by atoms with Crippen molar-refractivity contribution in [2.45, 2.75) is 13.3 Å². The Balaban J connectivity index is 1.25. The monoisotopic (exact) mass is 471 g/mol. The van der Waals surface area contributed by atoms with E-state index in [4.69, 9.17) is 4.42 Å². The molecule has 7 nitrogen and oxygen atoms in total. The first-order valence-corrected chi connectivity index (χ1v) is 11.6. The molecule has 2 N–H and O–H groups in total. The molecule has 34 heavy (non-hydrogen) atoms. The molecule has 2 aromatic carbocycles. The topological polar surface area (TPSA) is 91.6 Å². The molecule has 0 spiro atoms. The molecule has 0 unspecified atom stereocenters. The van der Waals surface area contributed by atoms with Gasteiger partial charge in [0.25, 0.3) is 17.7 Å². The summed E-state index contributed by atoms with van der Waals surface area (Å²) in [6.45, 7) is 2.47. The number of fused-ring (bicyclic) bond motifs is 1. The quantitative estimate of drug-likeness (QED) is 0.410. The molecule has 1 aliphatic rings. The Labute approximate surface area is 200 Å². The molecule has 0 fully saturated rings. The zero-order valence-corrected chi connectivity index (χ0v) is 19.1. The average molecular weight is 472 g/mol. The number of hydrogen-bond donors (Lipinski definition) is 2. The number of hydrogen-bond acceptors (Lipinski definition) is 5. The number of aryl methyl sites for hydroxylation is 1. The minimum atomic E-state index is -0.376. The van der Waals surface area contributed by atoms with Gasteiger partial charge in [-0.1, -0.05) is 18.2 Å². The van der Waals surface area contributed by atoms with E-state index in [1.165, 1.54) is 23.2 Å². The zero-order chi connectivity index (χ0) is 23.7. The smallest absolute Gasteiger partial charge is 0.291 e. The van der Waals surface area contributed by atoms with Gasteiger partial charge in [-0.15, -0.1) is 11.3 Å². The van der Waals surface area contributed by atoms with Gasteiger partial charge in [-0.3, -0.25) is 14.4 Å². The fraction of sp³-hybridized carbons (Fsp3) is 0.115. The largest absolute Gasteiger partial charge is 0.459 e. The van der Waals surface area contributed by atoms with Crippen LogP contribution in [0.1, 0.15) is 41.7 Å². The van der Waals surface area contributed by atoms with Crippen molar-refractivity contribution in [2.24, 2.45) is 0 Å². The normalized spacial score (nSPS) is 12.3. The second-order valence-electron chi connectivity index (χ2n) is 7.92. The zero-order valence-electron chi connectivity index (χ0n) is 18.3.